The molecule has 0 radical (unpaired) electrons. The highest BCUT2D eigenvalue weighted by atomic mass is 19.4. The van der Waals surface area contributed by atoms with Crippen LogP contribution in [0.1, 0.15) is 34.0 Å². The Morgan fingerprint density at radius 1 is 1.23 bits per heavy atom. The largest absolute Gasteiger partial charge is 0.416 e. The van der Waals surface area contributed by atoms with Crippen LogP contribution >= 0.6 is 0 Å². The second-order valence-electron chi connectivity index (χ2n) is 7.49. The fourth-order valence-electron chi connectivity index (χ4n) is 3.38. The lowest BCUT2D eigenvalue weighted by Crippen LogP contribution is -2.37. The van der Waals surface area contributed by atoms with Crippen molar-refractivity contribution >= 4 is 17.5 Å². The first-order valence-electron chi connectivity index (χ1n) is 10.2. The predicted molar refractivity (Wildman–Crippen MR) is 114 cm³/mol. The molecule has 2 aromatic rings. The van der Waals surface area contributed by atoms with Crippen molar-refractivity contribution in [1.29, 1.82) is 0 Å². The molecule has 0 atom stereocenters. The summed E-state index contributed by atoms with van der Waals surface area (Å²) in [5, 5.41) is 2.81. The van der Waals surface area contributed by atoms with Crippen LogP contribution in [0, 0.1) is 6.92 Å². The summed E-state index contributed by atoms with van der Waals surface area (Å²) in [5.41, 5.74) is 1.13. The van der Waals surface area contributed by atoms with E-state index in [1.54, 1.807) is 0 Å². The Kier molecular flexibility index (Phi) is 7.04. The van der Waals surface area contributed by atoms with E-state index in [0.29, 0.717) is 36.7 Å². The number of benzene rings is 1. The van der Waals surface area contributed by atoms with Gasteiger partial charge in [0, 0.05) is 33.2 Å². The molecular weight excluding hydrogens is 409 g/mol. The number of hydrogen-bond donors (Lipinski definition) is 1. The van der Waals surface area contributed by atoms with Crippen LogP contribution in [-0.4, -0.2) is 50.8 Å². The number of halogens is 3. The number of rotatable bonds is 6. The summed E-state index contributed by atoms with van der Waals surface area (Å²) >= 11 is 0. The molecule has 0 aliphatic carbocycles. The van der Waals surface area contributed by atoms with E-state index in [1.165, 1.54) is 12.1 Å². The zero-order valence-corrected chi connectivity index (χ0v) is 17.9. The van der Waals surface area contributed by atoms with E-state index in [4.69, 9.17) is 9.72 Å². The van der Waals surface area contributed by atoms with Crippen LogP contribution in [0.4, 0.5) is 24.8 Å². The SMILES string of the molecule is CCN(C)c1nc(N2CCOCC2)cc(C)c1C(=O)NCc1ccc(C(F)(F)F)cc1. The van der Waals surface area contributed by atoms with Crippen molar-refractivity contribution in [2.24, 2.45) is 0 Å². The number of amides is 1. The van der Waals surface area contributed by atoms with Gasteiger partial charge in [0.1, 0.15) is 11.6 Å². The van der Waals surface area contributed by atoms with Gasteiger partial charge in [0.25, 0.3) is 5.91 Å². The minimum absolute atomic E-state index is 0.122. The van der Waals surface area contributed by atoms with Crippen LogP contribution in [0.15, 0.2) is 30.3 Å². The molecule has 1 aromatic heterocycles. The monoisotopic (exact) mass is 436 g/mol. The highest BCUT2D eigenvalue weighted by Crippen LogP contribution is 2.29. The molecule has 1 aliphatic heterocycles. The van der Waals surface area contributed by atoms with Gasteiger partial charge in [0.05, 0.1) is 24.3 Å². The van der Waals surface area contributed by atoms with E-state index in [9.17, 15) is 18.0 Å². The molecule has 1 N–H and O–H groups in total. The standard InChI is InChI=1S/C22H27F3N4O2/c1-4-28(3)20-19(15(2)13-18(27-20)29-9-11-31-12-10-29)21(30)26-14-16-5-7-17(8-6-16)22(23,24)25/h5-8,13H,4,9-12,14H2,1-3H3,(H,26,30). The van der Waals surface area contributed by atoms with E-state index in [2.05, 4.69) is 10.2 Å². The van der Waals surface area contributed by atoms with E-state index in [-0.39, 0.29) is 12.5 Å². The molecular formula is C22H27F3N4O2. The van der Waals surface area contributed by atoms with Gasteiger partial charge < -0.3 is 19.9 Å². The van der Waals surface area contributed by atoms with Gasteiger partial charge in [-0.1, -0.05) is 12.1 Å². The Morgan fingerprint density at radius 3 is 2.45 bits per heavy atom. The van der Waals surface area contributed by atoms with Crippen LogP contribution in [0.3, 0.4) is 0 Å². The molecule has 0 bridgehead atoms. The number of ether oxygens (including phenoxy) is 1. The zero-order chi connectivity index (χ0) is 22.6. The lowest BCUT2D eigenvalue weighted by Gasteiger charge is -2.30. The summed E-state index contributed by atoms with van der Waals surface area (Å²) in [6.07, 6.45) is -4.38. The summed E-state index contributed by atoms with van der Waals surface area (Å²) in [6, 6.07) is 6.67. The van der Waals surface area contributed by atoms with Crippen molar-refractivity contribution in [2.45, 2.75) is 26.6 Å². The molecule has 168 valence electrons. The molecule has 1 aliphatic rings. The zero-order valence-electron chi connectivity index (χ0n) is 17.9. The number of pyridine rings is 1. The maximum absolute atomic E-state index is 13.0. The summed E-state index contributed by atoms with van der Waals surface area (Å²) in [6.45, 7) is 7.37. The van der Waals surface area contributed by atoms with E-state index >= 15 is 0 Å². The van der Waals surface area contributed by atoms with Gasteiger partial charge in [-0.25, -0.2) is 4.98 Å². The third-order valence-electron chi connectivity index (χ3n) is 5.32. The molecule has 1 saturated heterocycles. The van der Waals surface area contributed by atoms with Crippen molar-refractivity contribution in [2.75, 3.05) is 49.7 Å². The minimum Gasteiger partial charge on any atom is -0.378 e. The van der Waals surface area contributed by atoms with Crippen molar-refractivity contribution in [3.8, 4) is 0 Å². The summed E-state index contributed by atoms with van der Waals surface area (Å²) in [4.78, 5) is 21.8. The number of aryl methyl sites for hydroxylation is 1. The maximum Gasteiger partial charge on any atom is 0.416 e. The molecule has 6 nitrogen and oxygen atoms in total. The molecule has 1 amide bonds. The Balaban J connectivity index is 1.80. The molecule has 0 spiro atoms. The van der Waals surface area contributed by atoms with Crippen LogP contribution < -0.4 is 15.1 Å². The van der Waals surface area contributed by atoms with Crippen molar-refractivity contribution in [3.05, 3.63) is 52.6 Å². The maximum atomic E-state index is 13.0. The average molecular weight is 436 g/mol. The van der Waals surface area contributed by atoms with Crippen LogP contribution in [-0.2, 0) is 17.5 Å². The summed E-state index contributed by atoms with van der Waals surface area (Å²) < 4.78 is 43.6. The lowest BCUT2D eigenvalue weighted by atomic mass is 10.1. The second kappa shape index (κ2) is 9.55. The number of morpholine rings is 1. The molecule has 31 heavy (non-hydrogen) atoms. The quantitative estimate of drug-likeness (QED) is 0.750. The minimum atomic E-state index is -4.38. The number of carbonyl (C=O) groups is 1. The van der Waals surface area contributed by atoms with E-state index in [0.717, 1.165) is 36.6 Å². The summed E-state index contributed by atoms with van der Waals surface area (Å²) in [5.74, 6) is 1.07. The Morgan fingerprint density at radius 2 is 1.87 bits per heavy atom. The second-order valence-corrected chi connectivity index (χ2v) is 7.49. The number of alkyl halides is 3. The normalized spacial score (nSPS) is 14.5. The van der Waals surface area contributed by atoms with E-state index in [1.807, 2.05) is 31.9 Å². The van der Waals surface area contributed by atoms with Crippen molar-refractivity contribution < 1.29 is 22.7 Å². The van der Waals surface area contributed by atoms with Gasteiger partial charge in [0.15, 0.2) is 0 Å². The number of nitrogens with one attached hydrogen (secondary N) is 1. The highest BCUT2D eigenvalue weighted by molar-refractivity contribution is 6.00. The Labute approximate surface area is 180 Å². The first kappa shape index (κ1) is 22.9. The highest BCUT2D eigenvalue weighted by Gasteiger charge is 2.30. The Bertz CT molecular complexity index is 910. The number of nitrogens with zero attached hydrogens (tertiary/aromatic N) is 3. The molecule has 9 heteroatoms. The topological polar surface area (TPSA) is 57.7 Å². The number of anilines is 2. The van der Waals surface area contributed by atoms with Gasteiger partial charge in [-0.3, -0.25) is 4.79 Å². The third-order valence-corrected chi connectivity index (χ3v) is 5.32. The van der Waals surface area contributed by atoms with Gasteiger partial charge in [0.2, 0.25) is 0 Å². The fraction of sp³-hybridized carbons (Fsp3) is 0.455. The number of carbonyl (C=O) groups excluding carboxylic acids is 1. The molecule has 2 heterocycles. The smallest absolute Gasteiger partial charge is 0.378 e. The van der Waals surface area contributed by atoms with Gasteiger partial charge in [-0.05, 0) is 43.2 Å². The van der Waals surface area contributed by atoms with Crippen molar-refractivity contribution in [1.82, 2.24) is 10.3 Å². The van der Waals surface area contributed by atoms with Gasteiger partial charge in [-0.15, -0.1) is 0 Å². The molecule has 3 rings (SSSR count). The molecule has 0 unspecified atom stereocenters. The fourth-order valence-corrected chi connectivity index (χ4v) is 3.38. The molecule has 0 saturated carbocycles. The first-order valence-corrected chi connectivity index (χ1v) is 10.2. The lowest BCUT2D eigenvalue weighted by molar-refractivity contribution is -0.137. The third kappa shape index (κ3) is 5.46. The Hall–Kier alpha value is -2.81. The predicted octanol–water partition coefficient (Wildman–Crippen LogP) is 3.63. The van der Waals surface area contributed by atoms with E-state index < -0.39 is 11.7 Å². The van der Waals surface area contributed by atoms with Gasteiger partial charge >= 0.3 is 6.18 Å². The van der Waals surface area contributed by atoms with Crippen LogP contribution in [0.25, 0.3) is 0 Å². The van der Waals surface area contributed by atoms with Crippen molar-refractivity contribution in [3.63, 3.8) is 0 Å². The summed E-state index contributed by atoms with van der Waals surface area (Å²) in [7, 11) is 1.87. The molecule has 1 fully saturated rings. The number of aromatic nitrogens is 1. The number of hydrogen-bond acceptors (Lipinski definition) is 5. The molecule has 1 aromatic carbocycles. The van der Waals surface area contributed by atoms with Crippen LogP contribution in [0.5, 0.6) is 0 Å². The van der Waals surface area contributed by atoms with Crippen LogP contribution in [0.2, 0.25) is 0 Å². The average Bonchev–Trinajstić information content (AvgIpc) is 2.76. The van der Waals surface area contributed by atoms with Gasteiger partial charge in [-0.2, -0.15) is 13.2 Å². The first-order chi connectivity index (χ1) is 14.7.